The Morgan fingerprint density at radius 2 is 1.11 bits per heavy atom. The first kappa shape index (κ1) is 37.4. The third kappa shape index (κ3) is 10.4. The summed E-state index contributed by atoms with van der Waals surface area (Å²) in [6, 6.07) is 0. The topological polar surface area (TPSA) is 80.9 Å². The molecule has 0 bridgehead atoms. The van der Waals surface area contributed by atoms with Crippen LogP contribution in [0.3, 0.4) is 0 Å². The Balaban J connectivity index is 1.94. The Bertz CT molecular complexity index is 1300. The predicted molar refractivity (Wildman–Crippen MR) is 187 cm³/mol. The van der Waals surface area contributed by atoms with Gasteiger partial charge in [-0.2, -0.15) is 0 Å². The maximum atomic E-state index is 11.4. The zero-order chi connectivity index (χ0) is 33.3. The summed E-state index contributed by atoms with van der Waals surface area (Å²) in [7, 11) is 0. The molecule has 2 rings (SSSR count). The van der Waals surface area contributed by atoms with Crippen molar-refractivity contribution >= 4 is 0 Å². The van der Waals surface area contributed by atoms with Crippen molar-refractivity contribution in [3.8, 4) is 0 Å². The zero-order valence-electron chi connectivity index (χ0n) is 28.9. The fraction of sp³-hybridized carbons (Fsp3) is 0.500. The summed E-state index contributed by atoms with van der Waals surface area (Å²) < 4.78 is 0. The van der Waals surface area contributed by atoms with E-state index in [-0.39, 0.29) is 17.9 Å². The zero-order valence-corrected chi connectivity index (χ0v) is 28.9. The molecule has 4 atom stereocenters. The first-order valence-electron chi connectivity index (χ1n) is 15.9. The molecule has 242 valence electrons. The number of hydrogen-bond acceptors (Lipinski definition) is 4. The minimum atomic E-state index is -1.44. The number of hydrogen-bond donors (Lipinski definition) is 4. The molecular formula is C40H58O4. The highest BCUT2D eigenvalue weighted by atomic mass is 16.4. The van der Waals surface area contributed by atoms with Crippen molar-refractivity contribution in [2.24, 2.45) is 10.8 Å². The summed E-state index contributed by atoms with van der Waals surface area (Å²) in [6.45, 7) is 20.1. The highest BCUT2D eigenvalue weighted by molar-refractivity contribution is 5.38. The van der Waals surface area contributed by atoms with E-state index in [1.807, 2.05) is 64.2 Å². The largest absolute Gasteiger partial charge is 0.393 e. The molecule has 0 saturated heterocycles. The van der Waals surface area contributed by atoms with E-state index in [0.717, 1.165) is 29.6 Å². The molecule has 0 aromatic carbocycles. The Labute approximate surface area is 267 Å². The van der Waals surface area contributed by atoms with Crippen LogP contribution in [0.4, 0.5) is 0 Å². The minimum Gasteiger partial charge on any atom is -0.393 e. The molecule has 4 nitrogen and oxygen atoms in total. The van der Waals surface area contributed by atoms with Gasteiger partial charge in [0.15, 0.2) is 0 Å². The van der Waals surface area contributed by atoms with Gasteiger partial charge in [0, 0.05) is 11.8 Å². The summed E-state index contributed by atoms with van der Waals surface area (Å²) in [5.41, 5.74) is 3.44. The monoisotopic (exact) mass is 602 g/mol. The molecule has 0 spiro atoms. The van der Waals surface area contributed by atoms with Gasteiger partial charge in [-0.25, -0.2) is 0 Å². The fourth-order valence-corrected chi connectivity index (χ4v) is 6.55. The van der Waals surface area contributed by atoms with E-state index in [1.165, 1.54) is 16.7 Å². The van der Waals surface area contributed by atoms with Gasteiger partial charge in [0.25, 0.3) is 0 Å². The third-order valence-corrected chi connectivity index (χ3v) is 9.07. The maximum Gasteiger partial charge on any atom is 0.117 e. The van der Waals surface area contributed by atoms with Gasteiger partial charge in [-0.15, -0.1) is 0 Å². The first-order chi connectivity index (χ1) is 20.3. The van der Waals surface area contributed by atoms with Gasteiger partial charge < -0.3 is 20.4 Å². The molecule has 44 heavy (non-hydrogen) atoms. The number of rotatable bonds is 10. The van der Waals surface area contributed by atoms with Crippen LogP contribution in [0, 0.1) is 10.8 Å². The van der Waals surface area contributed by atoms with Gasteiger partial charge in [0.1, 0.15) is 5.60 Å². The average molecular weight is 603 g/mol. The summed E-state index contributed by atoms with van der Waals surface area (Å²) in [5.74, 6) is 0. The minimum absolute atomic E-state index is 0.0115. The van der Waals surface area contributed by atoms with Crippen LogP contribution >= 0.6 is 0 Å². The Kier molecular flexibility index (Phi) is 13.2. The molecule has 0 unspecified atom stereocenters. The molecule has 0 aliphatic heterocycles. The average Bonchev–Trinajstić information content (AvgIpc) is 2.87. The highest BCUT2D eigenvalue weighted by Gasteiger charge is 2.58. The standard InChI is InChI=1S/C40H58O4/c1-29(17-13-19-31(3)21-22-36-33(5)25-34(41)26-37(36,6)7)15-11-12-16-30(2)18-14-20-32(4)23-24-40(44)38(8,9)27-35(42)28-39(40,10)43/h11-24,34-35,41-44H,25-28H2,1-10H3/b12-11+,17-13+,18-14+,22-21+,24-23+,29-15+,30-16+,31-19+,32-20+/t34-,35+,39-,40-/m1/s1. The molecule has 0 amide bonds. The van der Waals surface area contributed by atoms with Crippen LogP contribution in [0.5, 0.6) is 0 Å². The molecule has 2 aliphatic rings. The number of aliphatic hydroxyl groups is 4. The first-order valence-corrected chi connectivity index (χ1v) is 15.9. The van der Waals surface area contributed by atoms with Crippen molar-refractivity contribution in [1.29, 1.82) is 0 Å². The maximum absolute atomic E-state index is 11.4. The molecule has 1 fully saturated rings. The predicted octanol–water partition coefficient (Wildman–Crippen LogP) is 8.71. The van der Waals surface area contributed by atoms with Gasteiger partial charge in [-0.1, -0.05) is 135 Å². The Hall–Kier alpha value is -2.76. The molecule has 1 saturated carbocycles. The second kappa shape index (κ2) is 15.5. The quantitative estimate of drug-likeness (QED) is 0.189. The van der Waals surface area contributed by atoms with Gasteiger partial charge in [-0.05, 0) is 77.9 Å². The van der Waals surface area contributed by atoms with E-state index in [9.17, 15) is 20.4 Å². The lowest BCUT2D eigenvalue weighted by atomic mass is 9.57. The van der Waals surface area contributed by atoms with Crippen LogP contribution in [-0.4, -0.2) is 43.8 Å². The number of allylic oxidation sites excluding steroid dienone is 18. The highest BCUT2D eigenvalue weighted by Crippen LogP contribution is 2.50. The van der Waals surface area contributed by atoms with Gasteiger partial charge in [0.2, 0.25) is 0 Å². The smallest absolute Gasteiger partial charge is 0.117 e. The fourth-order valence-electron chi connectivity index (χ4n) is 6.55. The van der Waals surface area contributed by atoms with Crippen molar-refractivity contribution in [2.75, 3.05) is 0 Å². The van der Waals surface area contributed by atoms with Crippen molar-refractivity contribution in [3.63, 3.8) is 0 Å². The van der Waals surface area contributed by atoms with Crippen molar-refractivity contribution in [1.82, 2.24) is 0 Å². The van der Waals surface area contributed by atoms with Crippen molar-refractivity contribution in [2.45, 2.75) is 118 Å². The molecule has 2 aliphatic carbocycles. The molecule has 0 aromatic heterocycles. The van der Waals surface area contributed by atoms with Gasteiger partial charge >= 0.3 is 0 Å². The summed E-state index contributed by atoms with van der Waals surface area (Å²) in [6.07, 6.45) is 29.6. The molecule has 0 aromatic rings. The lowest BCUT2D eigenvalue weighted by Gasteiger charge is -2.54. The second-order valence-corrected chi connectivity index (χ2v) is 14.5. The number of aliphatic hydroxyl groups excluding tert-OH is 2. The Morgan fingerprint density at radius 1 is 0.636 bits per heavy atom. The van der Waals surface area contributed by atoms with Crippen LogP contribution < -0.4 is 0 Å². The third-order valence-electron chi connectivity index (χ3n) is 9.07. The summed E-state index contributed by atoms with van der Waals surface area (Å²) in [5, 5.41) is 42.6. The Morgan fingerprint density at radius 3 is 1.61 bits per heavy atom. The normalized spacial score (nSPS) is 31.1. The van der Waals surface area contributed by atoms with E-state index in [4.69, 9.17) is 0 Å². The van der Waals surface area contributed by atoms with E-state index in [1.54, 1.807) is 13.0 Å². The molecule has 0 radical (unpaired) electrons. The van der Waals surface area contributed by atoms with E-state index < -0.39 is 22.7 Å². The van der Waals surface area contributed by atoms with E-state index in [0.29, 0.717) is 6.42 Å². The van der Waals surface area contributed by atoms with Crippen LogP contribution in [0.25, 0.3) is 0 Å². The molecular weight excluding hydrogens is 544 g/mol. The summed E-state index contributed by atoms with van der Waals surface area (Å²) in [4.78, 5) is 0. The van der Waals surface area contributed by atoms with Crippen LogP contribution in [0.2, 0.25) is 0 Å². The lowest BCUT2D eigenvalue weighted by Crippen LogP contribution is -2.65. The van der Waals surface area contributed by atoms with Crippen LogP contribution in [0.1, 0.15) is 94.9 Å². The van der Waals surface area contributed by atoms with Gasteiger partial charge in [-0.3, -0.25) is 0 Å². The second-order valence-electron chi connectivity index (χ2n) is 14.5. The molecule has 4 heteroatoms. The SMILES string of the molecule is CC1=C(/C=C/C(C)=C/C=C/C(C)=C/C=C/C=C(C)/C=C/C=C(C)/C=C/[C@@]2(O)C(C)(C)C[C@H](O)C[C@@]2(C)O)C(C)(C)C[C@H](O)C1. The van der Waals surface area contributed by atoms with Crippen LogP contribution in [0.15, 0.2) is 119 Å². The van der Waals surface area contributed by atoms with Gasteiger partial charge in [0.05, 0.1) is 17.8 Å². The summed E-state index contributed by atoms with van der Waals surface area (Å²) >= 11 is 0. The lowest BCUT2D eigenvalue weighted by molar-refractivity contribution is -0.216. The molecule has 4 N–H and O–H groups in total. The van der Waals surface area contributed by atoms with Crippen molar-refractivity contribution in [3.05, 3.63) is 119 Å². The van der Waals surface area contributed by atoms with E-state index >= 15 is 0 Å². The van der Waals surface area contributed by atoms with Crippen molar-refractivity contribution < 1.29 is 20.4 Å². The molecule has 0 heterocycles. The van der Waals surface area contributed by atoms with Crippen LogP contribution in [-0.2, 0) is 0 Å². The van der Waals surface area contributed by atoms with E-state index in [2.05, 4.69) is 77.2 Å².